The van der Waals surface area contributed by atoms with E-state index in [2.05, 4.69) is 61.6 Å². The van der Waals surface area contributed by atoms with E-state index in [0.717, 1.165) is 62.0 Å². The van der Waals surface area contributed by atoms with Crippen LogP contribution in [0.5, 0.6) is 0 Å². The van der Waals surface area contributed by atoms with E-state index >= 15 is 0 Å². The number of carbonyl (C=O) groups is 1. The molecule has 6 nitrogen and oxygen atoms in total. The lowest BCUT2D eigenvalue weighted by Crippen LogP contribution is -2.49. The van der Waals surface area contributed by atoms with E-state index in [0.29, 0.717) is 29.3 Å². The first kappa shape index (κ1) is 29.4. The second-order valence-electron chi connectivity index (χ2n) is 16.0. The van der Waals surface area contributed by atoms with Crippen molar-refractivity contribution < 1.29 is 9.53 Å². The number of amides is 1. The van der Waals surface area contributed by atoms with Gasteiger partial charge in [0.1, 0.15) is 6.10 Å². The van der Waals surface area contributed by atoms with E-state index in [1.54, 1.807) is 5.57 Å². The Labute approximate surface area is 249 Å². The molecule has 0 radical (unpaired) electrons. The Balaban J connectivity index is 1.05. The minimum atomic E-state index is -0.278. The number of fused-ring (bicyclic) bond motifs is 6. The van der Waals surface area contributed by atoms with Gasteiger partial charge in [-0.05, 0) is 110 Å². The molecule has 1 heterocycles. The predicted octanol–water partition coefficient (Wildman–Crippen LogP) is 7.21. The predicted molar refractivity (Wildman–Crippen MR) is 167 cm³/mol. The molecule has 230 valence electrons. The molecule has 5 aliphatic carbocycles. The highest BCUT2D eigenvalue weighted by Crippen LogP contribution is 2.84. The topological polar surface area (TPSA) is 74.8 Å². The van der Waals surface area contributed by atoms with Gasteiger partial charge in [-0.2, -0.15) is 0 Å². The minimum Gasteiger partial charge on any atom is -0.446 e. The van der Waals surface area contributed by atoms with Crippen LogP contribution in [0.1, 0.15) is 118 Å². The second-order valence-corrected chi connectivity index (χ2v) is 16.0. The zero-order chi connectivity index (χ0) is 28.9. The summed E-state index contributed by atoms with van der Waals surface area (Å²) >= 11 is 0. The van der Waals surface area contributed by atoms with Crippen LogP contribution in [-0.2, 0) is 4.74 Å². The largest absolute Gasteiger partial charge is 0.446 e. The molecule has 8 atom stereocenters. The third kappa shape index (κ3) is 5.11. The molecule has 0 unspecified atom stereocenters. The van der Waals surface area contributed by atoms with Gasteiger partial charge in [0.05, 0.1) is 6.54 Å². The number of guanidine groups is 1. The average Bonchev–Trinajstić information content (AvgIpc) is 3.19. The normalized spacial score (nSPS) is 42.8. The van der Waals surface area contributed by atoms with Crippen LogP contribution >= 0.6 is 0 Å². The van der Waals surface area contributed by atoms with Gasteiger partial charge in [0, 0.05) is 26.1 Å². The van der Waals surface area contributed by atoms with E-state index in [-0.39, 0.29) is 17.6 Å². The summed E-state index contributed by atoms with van der Waals surface area (Å²) < 4.78 is 5.96. The number of allylic oxidation sites excluding steroid dienone is 1. The first-order chi connectivity index (χ1) is 19.6. The van der Waals surface area contributed by atoms with E-state index in [4.69, 9.17) is 4.74 Å². The maximum atomic E-state index is 12.6. The minimum absolute atomic E-state index is 0.00123. The fourth-order valence-corrected chi connectivity index (χ4v) is 11.3. The SMILES string of the molecule is CC(C)CCC[C@@]1(C)C[C@@]12CC[C@H]1[C@H]3CCC=C4C[C@@H](OC(=O)NCCNC5=NCCN5)CC[C@]4(C)[C@H]3CC[C@@]12C. The van der Waals surface area contributed by atoms with Crippen molar-refractivity contribution in [3.63, 3.8) is 0 Å². The molecule has 0 aromatic rings. The van der Waals surface area contributed by atoms with Gasteiger partial charge < -0.3 is 20.7 Å². The summed E-state index contributed by atoms with van der Waals surface area (Å²) in [5.74, 6) is 4.21. The summed E-state index contributed by atoms with van der Waals surface area (Å²) in [4.78, 5) is 16.9. The molecule has 0 aromatic heterocycles. The van der Waals surface area contributed by atoms with Gasteiger partial charge >= 0.3 is 6.09 Å². The number of nitrogens with one attached hydrogen (secondary N) is 3. The molecule has 6 heteroatoms. The number of carbonyl (C=O) groups excluding carboxylic acids is 1. The third-order valence-electron chi connectivity index (χ3n) is 13.5. The standard InChI is InChI=1S/C35H58N4O2/c1-24(2)8-7-14-32(3)23-35(32)17-13-29-27-10-6-9-25-22-26(11-15-33(25,4)28(27)12-16-34(29,35)5)41-31(40)39-21-20-38-30-36-18-19-37-30/h9,24,26-29H,6-8,10-23H2,1-5H3,(H,39,40)(H2,36,37,38)/t26-,27-,28-,29-,32-,33-,34-,35-/m0/s1. The summed E-state index contributed by atoms with van der Waals surface area (Å²) in [5, 5.41) is 9.34. The molecule has 1 aliphatic heterocycles. The van der Waals surface area contributed by atoms with Crippen molar-refractivity contribution in [2.75, 3.05) is 26.2 Å². The lowest BCUT2D eigenvalue weighted by Gasteiger charge is -2.56. The van der Waals surface area contributed by atoms with Crippen LogP contribution in [0.15, 0.2) is 16.6 Å². The van der Waals surface area contributed by atoms with E-state index < -0.39 is 0 Å². The summed E-state index contributed by atoms with van der Waals surface area (Å²) in [6, 6.07) is 0. The quantitative estimate of drug-likeness (QED) is 0.214. The van der Waals surface area contributed by atoms with Crippen LogP contribution in [0.4, 0.5) is 4.79 Å². The number of hydrogen-bond donors (Lipinski definition) is 3. The Hall–Kier alpha value is -1.72. The Kier molecular flexibility index (Phi) is 7.94. The molecule has 0 saturated heterocycles. The molecular formula is C35H58N4O2. The average molecular weight is 567 g/mol. The molecule has 41 heavy (non-hydrogen) atoms. The lowest BCUT2D eigenvalue weighted by molar-refractivity contribution is -0.0559. The monoisotopic (exact) mass is 566 g/mol. The van der Waals surface area contributed by atoms with Crippen LogP contribution in [0.3, 0.4) is 0 Å². The van der Waals surface area contributed by atoms with Crippen molar-refractivity contribution >= 4 is 12.1 Å². The maximum absolute atomic E-state index is 12.6. The molecule has 6 aliphatic rings. The first-order valence-corrected chi connectivity index (χ1v) is 17.3. The zero-order valence-electron chi connectivity index (χ0n) is 26.7. The van der Waals surface area contributed by atoms with Crippen LogP contribution < -0.4 is 16.0 Å². The van der Waals surface area contributed by atoms with Crippen LogP contribution in [-0.4, -0.2) is 44.3 Å². The number of alkyl carbamates (subject to hydrolysis) is 1. The van der Waals surface area contributed by atoms with E-state index in [9.17, 15) is 4.79 Å². The van der Waals surface area contributed by atoms with Gasteiger partial charge in [-0.3, -0.25) is 4.99 Å². The van der Waals surface area contributed by atoms with Crippen LogP contribution in [0, 0.1) is 45.3 Å². The molecule has 3 N–H and O–H groups in total. The number of aliphatic imine (C=N–C) groups is 1. The first-order valence-electron chi connectivity index (χ1n) is 17.3. The van der Waals surface area contributed by atoms with E-state index in [1.165, 1.54) is 64.2 Å². The number of ether oxygens (including phenoxy) is 1. The summed E-state index contributed by atoms with van der Waals surface area (Å²) in [7, 11) is 0. The Bertz CT molecular complexity index is 1050. The van der Waals surface area contributed by atoms with Crippen molar-refractivity contribution in [1.82, 2.24) is 16.0 Å². The fourth-order valence-electron chi connectivity index (χ4n) is 11.3. The maximum Gasteiger partial charge on any atom is 0.407 e. The second kappa shape index (κ2) is 11.1. The highest BCUT2D eigenvalue weighted by atomic mass is 16.6. The molecule has 4 fully saturated rings. The lowest BCUT2D eigenvalue weighted by atomic mass is 9.49. The van der Waals surface area contributed by atoms with Crippen molar-refractivity contribution in [3.8, 4) is 0 Å². The summed E-state index contributed by atoms with van der Waals surface area (Å²) in [5.41, 5.74) is 3.62. The van der Waals surface area contributed by atoms with Gasteiger partial charge in [-0.1, -0.05) is 59.1 Å². The zero-order valence-corrected chi connectivity index (χ0v) is 26.7. The number of hydrogen-bond acceptors (Lipinski definition) is 5. The van der Waals surface area contributed by atoms with Crippen LogP contribution in [0.25, 0.3) is 0 Å². The third-order valence-corrected chi connectivity index (χ3v) is 13.5. The van der Waals surface area contributed by atoms with Crippen molar-refractivity contribution in [2.24, 2.45) is 50.3 Å². The molecule has 1 spiro atoms. The highest BCUT2D eigenvalue weighted by molar-refractivity contribution is 5.81. The van der Waals surface area contributed by atoms with Crippen molar-refractivity contribution in [2.45, 2.75) is 124 Å². The molecule has 0 bridgehead atoms. The molecular weight excluding hydrogens is 508 g/mol. The fraction of sp³-hybridized carbons (Fsp3) is 0.886. The molecule has 6 rings (SSSR count). The Morgan fingerprint density at radius 1 is 1.10 bits per heavy atom. The van der Waals surface area contributed by atoms with Crippen LogP contribution in [0.2, 0.25) is 0 Å². The summed E-state index contributed by atoms with van der Waals surface area (Å²) in [6.45, 7) is 15.6. The number of nitrogens with zero attached hydrogens (tertiary/aromatic N) is 1. The van der Waals surface area contributed by atoms with Gasteiger partial charge in [0.25, 0.3) is 0 Å². The van der Waals surface area contributed by atoms with Gasteiger partial charge in [-0.15, -0.1) is 0 Å². The van der Waals surface area contributed by atoms with E-state index in [1.807, 2.05) is 0 Å². The number of rotatable bonds is 8. The smallest absolute Gasteiger partial charge is 0.407 e. The van der Waals surface area contributed by atoms with Gasteiger partial charge in [0.2, 0.25) is 0 Å². The van der Waals surface area contributed by atoms with Gasteiger partial charge in [0.15, 0.2) is 5.96 Å². The van der Waals surface area contributed by atoms with Gasteiger partial charge in [-0.25, -0.2) is 4.79 Å². The Morgan fingerprint density at radius 2 is 1.93 bits per heavy atom. The molecule has 0 aromatic carbocycles. The molecule has 1 amide bonds. The summed E-state index contributed by atoms with van der Waals surface area (Å²) in [6.07, 6.45) is 19.5. The van der Waals surface area contributed by atoms with Crippen molar-refractivity contribution in [1.29, 1.82) is 0 Å². The highest BCUT2D eigenvalue weighted by Gasteiger charge is 2.76. The Morgan fingerprint density at radius 3 is 2.71 bits per heavy atom. The molecule has 4 saturated carbocycles. The van der Waals surface area contributed by atoms with Crippen molar-refractivity contribution in [3.05, 3.63) is 11.6 Å².